The molecule has 0 atom stereocenters. The summed E-state index contributed by atoms with van der Waals surface area (Å²) < 4.78 is 26.9. The highest BCUT2D eigenvalue weighted by Crippen LogP contribution is 2.23. The molecule has 1 amide bonds. The van der Waals surface area contributed by atoms with Crippen molar-refractivity contribution in [2.24, 2.45) is 0 Å². The molecule has 3 heterocycles. The van der Waals surface area contributed by atoms with Gasteiger partial charge in [0.05, 0.1) is 10.6 Å². The van der Waals surface area contributed by atoms with Gasteiger partial charge in [-0.2, -0.15) is 4.31 Å². The van der Waals surface area contributed by atoms with E-state index in [1.165, 1.54) is 4.31 Å². The summed E-state index contributed by atoms with van der Waals surface area (Å²) in [7, 11) is -3.48. The zero-order chi connectivity index (χ0) is 23.5. The topological polar surface area (TPSA) is 86.7 Å². The minimum atomic E-state index is -3.48. The number of aromatic nitrogens is 2. The molecule has 34 heavy (non-hydrogen) atoms. The van der Waals surface area contributed by atoms with Gasteiger partial charge in [-0.1, -0.05) is 30.3 Å². The number of anilines is 1. The molecule has 3 aromatic rings. The molecule has 0 radical (unpaired) electrons. The van der Waals surface area contributed by atoms with Crippen molar-refractivity contribution in [3.05, 3.63) is 72.6 Å². The Morgan fingerprint density at radius 3 is 2.15 bits per heavy atom. The molecule has 0 N–H and O–H groups in total. The molecule has 2 aromatic carbocycles. The van der Waals surface area contributed by atoms with E-state index in [1.807, 2.05) is 36.4 Å². The number of hydrogen-bond acceptors (Lipinski definition) is 6. The second kappa shape index (κ2) is 9.52. The van der Waals surface area contributed by atoms with Gasteiger partial charge in [0, 0.05) is 56.5 Å². The lowest BCUT2D eigenvalue weighted by Crippen LogP contribution is -2.49. The van der Waals surface area contributed by atoms with Crippen molar-refractivity contribution in [1.82, 2.24) is 19.2 Å². The second-order valence-electron chi connectivity index (χ2n) is 8.54. The summed E-state index contributed by atoms with van der Waals surface area (Å²) in [5.41, 5.74) is 2.41. The van der Waals surface area contributed by atoms with Crippen LogP contribution in [-0.2, 0) is 10.0 Å². The first-order valence-corrected chi connectivity index (χ1v) is 13.0. The van der Waals surface area contributed by atoms with Crippen LogP contribution < -0.4 is 4.90 Å². The molecule has 176 valence electrons. The summed E-state index contributed by atoms with van der Waals surface area (Å²) in [4.78, 5) is 26.0. The minimum absolute atomic E-state index is 0.0857. The molecule has 0 spiro atoms. The lowest BCUT2D eigenvalue weighted by Gasteiger charge is -2.35. The van der Waals surface area contributed by atoms with Crippen LogP contribution in [0.1, 0.15) is 23.2 Å². The first-order valence-electron chi connectivity index (χ1n) is 11.5. The van der Waals surface area contributed by atoms with Gasteiger partial charge >= 0.3 is 0 Å². The Bertz CT molecular complexity index is 1250. The number of hydrogen-bond donors (Lipinski definition) is 0. The number of sulfonamides is 1. The Morgan fingerprint density at radius 2 is 1.47 bits per heavy atom. The van der Waals surface area contributed by atoms with Crippen molar-refractivity contribution in [3.63, 3.8) is 0 Å². The lowest BCUT2D eigenvalue weighted by molar-refractivity contribution is 0.0746. The maximum Gasteiger partial charge on any atom is 0.253 e. The summed E-state index contributed by atoms with van der Waals surface area (Å²) in [6, 6.07) is 18.3. The Hall–Kier alpha value is -3.30. The average Bonchev–Trinajstić information content (AvgIpc) is 3.45. The van der Waals surface area contributed by atoms with Gasteiger partial charge in [0.2, 0.25) is 10.0 Å². The Kier molecular flexibility index (Phi) is 6.30. The van der Waals surface area contributed by atoms with E-state index >= 15 is 0 Å². The van der Waals surface area contributed by atoms with E-state index < -0.39 is 10.0 Å². The fraction of sp³-hybridized carbons (Fsp3) is 0.320. The Balaban J connectivity index is 1.23. The van der Waals surface area contributed by atoms with Crippen LogP contribution in [0.25, 0.3) is 11.3 Å². The third-order valence-corrected chi connectivity index (χ3v) is 8.33. The van der Waals surface area contributed by atoms with Gasteiger partial charge in [-0.05, 0) is 37.1 Å². The average molecular weight is 478 g/mol. The van der Waals surface area contributed by atoms with E-state index in [-0.39, 0.29) is 10.8 Å². The summed E-state index contributed by atoms with van der Waals surface area (Å²) in [5.74, 6) is 0.759. The molecule has 0 saturated carbocycles. The highest BCUT2D eigenvalue weighted by Gasteiger charge is 2.28. The van der Waals surface area contributed by atoms with E-state index in [2.05, 4.69) is 14.9 Å². The number of rotatable bonds is 5. The van der Waals surface area contributed by atoms with Crippen molar-refractivity contribution in [3.8, 4) is 11.3 Å². The van der Waals surface area contributed by atoms with Gasteiger partial charge in [0.1, 0.15) is 12.1 Å². The van der Waals surface area contributed by atoms with E-state index in [9.17, 15) is 13.2 Å². The molecule has 1 aromatic heterocycles. The molecule has 2 aliphatic heterocycles. The molecule has 2 fully saturated rings. The predicted molar refractivity (Wildman–Crippen MR) is 130 cm³/mol. The molecule has 5 rings (SSSR count). The van der Waals surface area contributed by atoms with E-state index in [0.29, 0.717) is 44.8 Å². The van der Waals surface area contributed by atoms with Crippen molar-refractivity contribution >= 4 is 21.7 Å². The number of benzene rings is 2. The van der Waals surface area contributed by atoms with Crippen LogP contribution in [0.4, 0.5) is 5.82 Å². The maximum atomic E-state index is 13.0. The molecule has 9 heteroatoms. The molecule has 0 bridgehead atoms. The van der Waals surface area contributed by atoms with Crippen molar-refractivity contribution in [2.75, 3.05) is 44.2 Å². The number of carbonyl (C=O) groups is 1. The van der Waals surface area contributed by atoms with Crippen molar-refractivity contribution in [2.45, 2.75) is 17.7 Å². The highest BCUT2D eigenvalue weighted by molar-refractivity contribution is 7.89. The van der Waals surface area contributed by atoms with Crippen LogP contribution in [0.2, 0.25) is 0 Å². The second-order valence-corrected chi connectivity index (χ2v) is 10.5. The van der Waals surface area contributed by atoms with E-state index in [1.54, 1.807) is 35.5 Å². The lowest BCUT2D eigenvalue weighted by atomic mass is 10.1. The number of nitrogens with zero attached hydrogens (tertiary/aromatic N) is 5. The zero-order valence-electron chi connectivity index (χ0n) is 18.9. The number of carbonyl (C=O) groups excluding carboxylic acids is 1. The molecule has 0 unspecified atom stereocenters. The van der Waals surface area contributed by atoms with Gasteiger partial charge in [0.15, 0.2) is 0 Å². The predicted octanol–water partition coefficient (Wildman–Crippen LogP) is 2.89. The van der Waals surface area contributed by atoms with E-state index in [0.717, 1.165) is 29.9 Å². The maximum absolute atomic E-state index is 13.0. The molecule has 8 nitrogen and oxygen atoms in total. The van der Waals surface area contributed by atoms with Crippen LogP contribution >= 0.6 is 0 Å². The van der Waals surface area contributed by atoms with Gasteiger partial charge in [-0.25, -0.2) is 18.4 Å². The first-order chi connectivity index (χ1) is 16.5. The van der Waals surface area contributed by atoms with Crippen molar-refractivity contribution < 1.29 is 13.2 Å². The Morgan fingerprint density at radius 1 is 0.794 bits per heavy atom. The van der Waals surface area contributed by atoms with Gasteiger partial charge < -0.3 is 9.80 Å². The zero-order valence-corrected chi connectivity index (χ0v) is 19.7. The quantitative estimate of drug-likeness (QED) is 0.562. The van der Waals surface area contributed by atoms with Gasteiger partial charge in [-0.15, -0.1) is 0 Å². The molecular weight excluding hydrogens is 450 g/mol. The molecular formula is C25H27N5O3S. The van der Waals surface area contributed by atoms with Gasteiger partial charge in [-0.3, -0.25) is 4.79 Å². The minimum Gasteiger partial charge on any atom is -0.353 e. The van der Waals surface area contributed by atoms with Crippen LogP contribution in [0.3, 0.4) is 0 Å². The fourth-order valence-corrected chi connectivity index (χ4v) is 5.97. The number of piperazine rings is 1. The first kappa shape index (κ1) is 22.5. The summed E-state index contributed by atoms with van der Waals surface area (Å²) in [6.45, 7) is 3.59. The largest absolute Gasteiger partial charge is 0.353 e. The normalized spacial score (nSPS) is 17.2. The van der Waals surface area contributed by atoms with Crippen LogP contribution in [-0.4, -0.2) is 72.8 Å². The van der Waals surface area contributed by atoms with Crippen molar-refractivity contribution in [1.29, 1.82) is 0 Å². The number of amides is 1. The Labute approximate surface area is 199 Å². The standard InChI is InChI=1S/C25H27N5O3S/c31-25(21-8-10-22(11-9-21)34(32,33)30-12-4-5-13-30)29-16-14-28(15-17-29)24-18-23(26-19-27-24)20-6-2-1-3-7-20/h1-3,6-11,18-19H,4-5,12-17H2. The third-order valence-electron chi connectivity index (χ3n) is 6.42. The van der Waals surface area contributed by atoms with E-state index in [4.69, 9.17) is 0 Å². The third kappa shape index (κ3) is 4.53. The monoisotopic (exact) mass is 477 g/mol. The van der Waals surface area contributed by atoms with Crippen LogP contribution in [0.5, 0.6) is 0 Å². The van der Waals surface area contributed by atoms with Crippen LogP contribution in [0, 0.1) is 0 Å². The molecule has 0 aliphatic carbocycles. The molecule has 2 aliphatic rings. The fourth-order valence-electron chi connectivity index (χ4n) is 4.46. The highest BCUT2D eigenvalue weighted by atomic mass is 32.2. The SMILES string of the molecule is O=C(c1ccc(S(=O)(=O)N2CCCC2)cc1)N1CCN(c2cc(-c3ccccc3)ncn2)CC1. The van der Waals surface area contributed by atoms with Gasteiger partial charge in [0.25, 0.3) is 5.91 Å². The summed E-state index contributed by atoms with van der Waals surface area (Å²) in [6.07, 6.45) is 3.36. The summed E-state index contributed by atoms with van der Waals surface area (Å²) >= 11 is 0. The molecule has 2 saturated heterocycles. The smallest absolute Gasteiger partial charge is 0.253 e. The van der Waals surface area contributed by atoms with Crippen LogP contribution in [0.15, 0.2) is 71.9 Å². The summed E-state index contributed by atoms with van der Waals surface area (Å²) in [5, 5.41) is 0.